The van der Waals surface area contributed by atoms with Crippen LogP contribution in [0.4, 0.5) is 35.0 Å². The normalized spacial score (nSPS) is 14.8. The van der Waals surface area contributed by atoms with E-state index in [9.17, 15) is 18.0 Å². The Kier molecular flexibility index (Phi) is 7.68. The first-order chi connectivity index (χ1) is 17.9. The quantitative estimate of drug-likeness (QED) is 0.311. The molecule has 1 aliphatic rings. The Balaban J connectivity index is 1.63. The van der Waals surface area contributed by atoms with Gasteiger partial charge in [-0.25, -0.2) is 9.78 Å². The van der Waals surface area contributed by atoms with Crippen molar-refractivity contribution in [2.45, 2.75) is 32.5 Å². The summed E-state index contributed by atoms with van der Waals surface area (Å²) in [6.45, 7) is 6.28. The number of halogens is 4. The maximum absolute atomic E-state index is 14.2. The fourth-order valence-electron chi connectivity index (χ4n) is 4.14. The molecule has 12 heteroatoms. The molecule has 0 spiro atoms. The zero-order valence-electron chi connectivity index (χ0n) is 21.4. The molecule has 3 aromatic rings. The van der Waals surface area contributed by atoms with Crippen molar-refractivity contribution in [3.63, 3.8) is 0 Å². The lowest BCUT2D eigenvalue weighted by Gasteiger charge is -2.37. The van der Waals surface area contributed by atoms with Gasteiger partial charge in [0.15, 0.2) is 0 Å². The second-order valence-corrected chi connectivity index (χ2v) is 10.2. The Labute approximate surface area is 223 Å². The summed E-state index contributed by atoms with van der Waals surface area (Å²) < 4.78 is 48.0. The van der Waals surface area contributed by atoms with Crippen LogP contribution in [0, 0.1) is 0 Å². The number of piperazine rings is 1. The number of rotatable bonds is 4. The van der Waals surface area contributed by atoms with Gasteiger partial charge in [0.2, 0.25) is 0 Å². The number of aliphatic imine (C=N–C) groups is 1. The van der Waals surface area contributed by atoms with Gasteiger partial charge >= 0.3 is 12.3 Å². The number of pyridine rings is 2. The van der Waals surface area contributed by atoms with Crippen LogP contribution < -0.4 is 10.2 Å². The van der Waals surface area contributed by atoms with Crippen molar-refractivity contribution >= 4 is 52.0 Å². The number of benzene rings is 1. The number of ether oxygens (including phenoxy) is 1. The minimum atomic E-state index is -4.61. The number of anilines is 3. The number of alkyl halides is 3. The molecule has 0 saturated carbocycles. The van der Waals surface area contributed by atoms with Gasteiger partial charge in [-0.15, -0.1) is 0 Å². The van der Waals surface area contributed by atoms with E-state index in [1.807, 2.05) is 0 Å². The predicted octanol–water partition coefficient (Wildman–Crippen LogP) is 6.15. The summed E-state index contributed by atoms with van der Waals surface area (Å²) in [6, 6.07) is 7.36. The van der Waals surface area contributed by atoms with Crippen LogP contribution in [0.3, 0.4) is 0 Å². The van der Waals surface area contributed by atoms with Gasteiger partial charge in [-0.3, -0.25) is 9.98 Å². The third-order valence-electron chi connectivity index (χ3n) is 5.82. The van der Waals surface area contributed by atoms with E-state index in [1.54, 1.807) is 63.3 Å². The fourth-order valence-corrected chi connectivity index (χ4v) is 4.29. The second kappa shape index (κ2) is 10.6. The number of nitrogens with one attached hydrogen (secondary N) is 1. The van der Waals surface area contributed by atoms with E-state index in [4.69, 9.17) is 16.3 Å². The van der Waals surface area contributed by atoms with Crippen LogP contribution in [0.15, 0.2) is 41.5 Å². The van der Waals surface area contributed by atoms with E-state index in [1.165, 1.54) is 11.0 Å². The third kappa shape index (κ3) is 6.27. The smallest absolute Gasteiger partial charge is 0.418 e. The van der Waals surface area contributed by atoms with Crippen molar-refractivity contribution < 1.29 is 22.7 Å². The van der Waals surface area contributed by atoms with Gasteiger partial charge in [0.25, 0.3) is 0 Å². The van der Waals surface area contributed by atoms with Gasteiger partial charge < -0.3 is 19.9 Å². The number of carbonyl (C=O) groups is 1. The summed E-state index contributed by atoms with van der Waals surface area (Å²) >= 11 is 6.09. The molecule has 0 bridgehead atoms. The minimum Gasteiger partial charge on any atom is -0.444 e. The van der Waals surface area contributed by atoms with Gasteiger partial charge in [-0.1, -0.05) is 11.6 Å². The zero-order chi connectivity index (χ0) is 27.7. The van der Waals surface area contributed by atoms with Crippen molar-refractivity contribution in [2.75, 3.05) is 43.4 Å². The molecule has 1 aromatic carbocycles. The topological polar surface area (TPSA) is 83.0 Å². The molecule has 1 N–H and O–H groups in total. The molecule has 0 radical (unpaired) electrons. The van der Waals surface area contributed by atoms with Crippen LogP contribution in [0.2, 0.25) is 5.15 Å². The highest BCUT2D eigenvalue weighted by Crippen LogP contribution is 2.40. The third-order valence-corrected chi connectivity index (χ3v) is 6.03. The molecule has 202 valence electrons. The second-order valence-electron chi connectivity index (χ2n) is 9.79. The Morgan fingerprint density at radius 3 is 2.47 bits per heavy atom. The Morgan fingerprint density at radius 2 is 1.84 bits per heavy atom. The van der Waals surface area contributed by atoms with Gasteiger partial charge in [-0.05, 0) is 51.1 Å². The molecular formula is C26H28ClF3N6O2. The molecular weight excluding hydrogens is 521 g/mol. The minimum absolute atomic E-state index is 0.0444. The molecule has 0 atom stereocenters. The van der Waals surface area contributed by atoms with E-state index < -0.39 is 23.4 Å². The first kappa shape index (κ1) is 27.4. The van der Waals surface area contributed by atoms with Crippen molar-refractivity contribution in [3.8, 4) is 0 Å². The van der Waals surface area contributed by atoms with E-state index in [0.29, 0.717) is 22.3 Å². The first-order valence-electron chi connectivity index (χ1n) is 11.9. The highest BCUT2D eigenvalue weighted by atomic mass is 35.5. The maximum atomic E-state index is 14.2. The van der Waals surface area contributed by atoms with Crippen molar-refractivity contribution in [1.82, 2.24) is 14.9 Å². The summed E-state index contributed by atoms with van der Waals surface area (Å²) in [5.41, 5.74) is 0.747. The molecule has 3 heterocycles. The summed E-state index contributed by atoms with van der Waals surface area (Å²) in [4.78, 5) is 28.2. The molecule has 2 aromatic heterocycles. The number of fused-ring (bicyclic) bond motifs is 1. The van der Waals surface area contributed by atoms with E-state index in [0.717, 1.165) is 6.07 Å². The number of amides is 1. The fraction of sp³-hybridized carbons (Fsp3) is 0.385. The number of nitrogens with zero attached hydrogens (tertiary/aromatic N) is 5. The average molecular weight is 549 g/mol. The van der Waals surface area contributed by atoms with Gasteiger partial charge in [0.1, 0.15) is 16.3 Å². The standard InChI is InChI=1S/C26H28ClF3N6O2/c1-25(2,3)38-24(37)36-11-9-35(10-12-36)20-7-5-17(13-18(20)26(28,29)30)33-22-16(14-31-4)15-32-19-6-8-21(27)34-23(19)22/h5-8,13-15H,9-12H2,1-4H3,(H,32,33). The monoisotopic (exact) mass is 548 g/mol. The molecule has 38 heavy (non-hydrogen) atoms. The van der Waals surface area contributed by atoms with Crippen LogP contribution in [0.5, 0.6) is 0 Å². The van der Waals surface area contributed by atoms with E-state index in [2.05, 4.69) is 20.3 Å². The van der Waals surface area contributed by atoms with E-state index >= 15 is 0 Å². The average Bonchev–Trinajstić information content (AvgIpc) is 2.84. The maximum Gasteiger partial charge on any atom is 0.418 e. The molecule has 1 fully saturated rings. The molecule has 1 amide bonds. The number of hydrogen-bond donors (Lipinski definition) is 1. The molecule has 0 aliphatic carbocycles. The summed E-state index contributed by atoms with van der Waals surface area (Å²) in [7, 11) is 1.58. The largest absolute Gasteiger partial charge is 0.444 e. The molecule has 4 rings (SSSR count). The van der Waals surface area contributed by atoms with Crippen molar-refractivity contribution in [1.29, 1.82) is 0 Å². The SMILES string of the molecule is CN=Cc1cnc2ccc(Cl)nc2c1Nc1ccc(N2CCN(C(=O)OC(C)(C)C)CC2)c(C(F)(F)F)c1. The summed E-state index contributed by atoms with van der Waals surface area (Å²) in [5, 5.41) is 3.30. The van der Waals surface area contributed by atoms with Crippen molar-refractivity contribution in [2.24, 2.45) is 4.99 Å². The van der Waals surface area contributed by atoms with Crippen LogP contribution >= 0.6 is 11.6 Å². The van der Waals surface area contributed by atoms with Gasteiger partial charge in [0.05, 0.1) is 16.8 Å². The molecule has 1 aliphatic heterocycles. The lowest BCUT2D eigenvalue weighted by molar-refractivity contribution is -0.137. The Hall–Kier alpha value is -3.60. The number of hydrogen-bond acceptors (Lipinski definition) is 7. The Bertz CT molecular complexity index is 1370. The zero-order valence-corrected chi connectivity index (χ0v) is 22.2. The number of carbonyl (C=O) groups excluding carboxylic acids is 1. The highest BCUT2D eigenvalue weighted by Gasteiger charge is 2.36. The predicted molar refractivity (Wildman–Crippen MR) is 143 cm³/mol. The molecule has 1 saturated heterocycles. The van der Waals surface area contributed by atoms with E-state index in [-0.39, 0.29) is 42.7 Å². The van der Waals surface area contributed by atoms with Gasteiger partial charge in [0, 0.05) is 62.6 Å². The highest BCUT2D eigenvalue weighted by molar-refractivity contribution is 6.29. The van der Waals surface area contributed by atoms with Crippen molar-refractivity contribution in [3.05, 3.63) is 52.8 Å². The lowest BCUT2D eigenvalue weighted by atomic mass is 10.1. The van der Waals surface area contributed by atoms with Crippen LogP contribution in [-0.4, -0.2) is 66.0 Å². The first-order valence-corrected chi connectivity index (χ1v) is 12.3. The summed E-state index contributed by atoms with van der Waals surface area (Å²) in [6.07, 6.45) is -1.97. The van der Waals surface area contributed by atoms with Crippen LogP contribution in [-0.2, 0) is 10.9 Å². The number of aromatic nitrogens is 2. The Morgan fingerprint density at radius 1 is 1.13 bits per heavy atom. The van der Waals surface area contributed by atoms with Crippen LogP contribution in [0.25, 0.3) is 11.0 Å². The molecule has 8 nitrogen and oxygen atoms in total. The van der Waals surface area contributed by atoms with Gasteiger partial charge in [-0.2, -0.15) is 13.2 Å². The van der Waals surface area contributed by atoms with Crippen LogP contribution in [0.1, 0.15) is 31.9 Å². The lowest BCUT2D eigenvalue weighted by Crippen LogP contribution is -2.50. The summed E-state index contributed by atoms with van der Waals surface area (Å²) in [5.74, 6) is 0. The molecule has 0 unspecified atom stereocenters.